The Kier molecular flexibility index (Phi) is 9.66. The Bertz CT molecular complexity index is 1310. The lowest BCUT2D eigenvalue weighted by Crippen LogP contribution is -2.36. The second-order valence-electron chi connectivity index (χ2n) is 8.53. The van der Waals surface area contributed by atoms with Crippen LogP contribution >= 0.6 is 0 Å². The summed E-state index contributed by atoms with van der Waals surface area (Å²) in [4.78, 5) is 36.6. The summed E-state index contributed by atoms with van der Waals surface area (Å²) in [5, 5.41) is 8.59. The highest BCUT2D eigenvalue weighted by atomic mass is 16.5. The van der Waals surface area contributed by atoms with Crippen LogP contribution in [0.3, 0.4) is 0 Å². The molecule has 0 radical (unpaired) electrons. The van der Waals surface area contributed by atoms with Crippen LogP contribution in [0.2, 0.25) is 0 Å². The Morgan fingerprint density at radius 1 is 0.921 bits per heavy atom. The molecule has 0 aliphatic carbocycles. The molecule has 3 aromatic rings. The SMILES string of the molecule is COC(=O)c1ccc(OC(C)NCC(=O)Cc2ccc(NC(=O)Nc3ccccc3C)c(OC)c2)c(N)c1. The minimum absolute atomic E-state index is 0.0580. The fraction of sp³-hybridized carbons (Fsp3) is 0.250. The quantitative estimate of drug-likeness (QED) is 0.168. The van der Waals surface area contributed by atoms with Crippen LogP contribution in [0.4, 0.5) is 21.9 Å². The third kappa shape index (κ3) is 7.71. The van der Waals surface area contributed by atoms with E-state index < -0.39 is 18.2 Å². The van der Waals surface area contributed by atoms with Gasteiger partial charge in [-0.05, 0) is 61.4 Å². The lowest BCUT2D eigenvalue weighted by molar-refractivity contribution is -0.118. The number of rotatable bonds is 11. The first-order valence-corrected chi connectivity index (χ1v) is 11.9. The first-order valence-electron chi connectivity index (χ1n) is 11.9. The van der Waals surface area contributed by atoms with E-state index in [-0.39, 0.29) is 24.4 Å². The Morgan fingerprint density at radius 2 is 1.66 bits per heavy atom. The molecule has 10 heteroatoms. The maximum atomic E-state index is 12.6. The van der Waals surface area contributed by atoms with Crippen molar-refractivity contribution < 1.29 is 28.6 Å². The summed E-state index contributed by atoms with van der Waals surface area (Å²) in [5.41, 5.74) is 9.42. The van der Waals surface area contributed by atoms with Gasteiger partial charge in [0, 0.05) is 12.1 Å². The number of methoxy groups -OCH3 is 2. The first kappa shape index (κ1) is 28.0. The van der Waals surface area contributed by atoms with Crippen LogP contribution in [0.15, 0.2) is 60.7 Å². The molecular formula is C28H32N4O6. The van der Waals surface area contributed by atoms with Crippen LogP contribution in [-0.2, 0) is 16.0 Å². The molecule has 200 valence electrons. The van der Waals surface area contributed by atoms with Crippen molar-refractivity contribution in [3.63, 3.8) is 0 Å². The van der Waals surface area contributed by atoms with E-state index in [9.17, 15) is 14.4 Å². The van der Waals surface area contributed by atoms with Crippen LogP contribution in [0.25, 0.3) is 0 Å². The van der Waals surface area contributed by atoms with E-state index in [2.05, 4.69) is 20.7 Å². The van der Waals surface area contributed by atoms with Gasteiger partial charge >= 0.3 is 12.0 Å². The molecule has 0 fully saturated rings. The molecule has 0 aliphatic rings. The molecule has 5 N–H and O–H groups in total. The molecule has 0 spiro atoms. The number of benzene rings is 3. The summed E-state index contributed by atoms with van der Waals surface area (Å²) in [6, 6.07) is 16.8. The number of nitrogens with two attached hydrogens (primary N) is 1. The topological polar surface area (TPSA) is 141 Å². The first-order chi connectivity index (χ1) is 18.2. The minimum Gasteiger partial charge on any atom is -0.495 e. The number of esters is 1. The van der Waals surface area contributed by atoms with Crippen LogP contribution in [0.1, 0.15) is 28.4 Å². The number of carbonyl (C=O) groups is 3. The summed E-state index contributed by atoms with van der Waals surface area (Å²) in [5.74, 6) is 0.246. The standard InChI is InChI=1S/C28H32N4O6/c1-17-7-5-6-8-23(17)31-28(35)32-24-11-9-19(14-26(24)36-3)13-21(33)16-30-18(2)38-25-12-10-20(15-22(25)29)27(34)37-4/h5-12,14-15,18,30H,13,16,29H2,1-4H3,(H2,31,32,35). The number of nitrogen functional groups attached to an aromatic ring is 1. The fourth-order valence-electron chi connectivity index (χ4n) is 3.62. The zero-order valence-corrected chi connectivity index (χ0v) is 21.8. The molecule has 3 aromatic carbocycles. The molecular weight excluding hydrogens is 488 g/mol. The van der Waals surface area contributed by atoms with Gasteiger partial charge in [0.15, 0.2) is 5.78 Å². The summed E-state index contributed by atoms with van der Waals surface area (Å²) in [6.07, 6.45) is -0.361. The molecule has 38 heavy (non-hydrogen) atoms. The van der Waals surface area contributed by atoms with Gasteiger partial charge in [-0.25, -0.2) is 9.59 Å². The van der Waals surface area contributed by atoms with Gasteiger partial charge in [-0.2, -0.15) is 0 Å². The molecule has 10 nitrogen and oxygen atoms in total. The zero-order valence-electron chi connectivity index (χ0n) is 21.8. The molecule has 0 heterocycles. The number of ketones is 1. The van der Waals surface area contributed by atoms with Crippen LogP contribution in [0, 0.1) is 6.92 Å². The summed E-state index contributed by atoms with van der Waals surface area (Å²) >= 11 is 0. The average molecular weight is 521 g/mol. The zero-order chi connectivity index (χ0) is 27.7. The smallest absolute Gasteiger partial charge is 0.337 e. The van der Waals surface area contributed by atoms with E-state index in [1.165, 1.54) is 20.3 Å². The molecule has 0 saturated carbocycles. The second kappa shape index (κ2) is 13.1. The number of aryl methyl sites for hydroxylation is 1. The minimum atomic E-state index is -0.516. The highest BCUT2D eigenvalue weighted by molar-refractivity contribution is 6.01. The number of Topliss-reactive ketones (excluding diaryl/α,β-unsaturated/α-hetero) is 1. The van der Waals surface area contributed by atoms with Crippen molar-refractivity contribution in [3.8, 4) is 11.5 Å². The van der Waals surface area contributed by atoms with E-state index in [4.69, 9.17) is 15.2 Å². The normalized spacial score (nSPS) is 11.3. The van der Waals surface area contributed by atoms with Crippen LogP contribution < -0.4 is 31.2 Å². The van der Waals surface area contributed by atoms with Crippen LogP contribution in [-0.4, -0.2) is 44.8 Å². The average Bonchev–Trinajstić information content (AvgIpc) is 2.90. The number of hydrogen-bond donors (Lipinski definition) is 4. The van der Waals surface area contributed by atoms with Gasteiger partial charge in [0.1, 0.15) is 17.7 Å². The summed E-state index contributed by atoms with van der Waals surface area (Å²) in [6.45, 7) is 3.71. The molecule has 3 rings (SSSR count). The lowest BCUT2D eigenvalue weighted by atomic mass is 10.1. The van der Waals surface area contributed by atoms with Gasteiger partial charge in [-0.1, -0.05) is 24.3 Å². The second-order valence-corrected chi connectivity index (χ2v) is 8.53. The van der Waals surface area contributed by atoms with Gasteiger partial charge in [-0.15, -0.1) is 0 Å². The van der Waals surface area contributed by atoms with E-state index in [0.29, 0.717) is 28.4 Å². The van der Waals surface area contributed by atoms with Crippen LogP contribution in [0.5, 0.6) is 11.5 Å². The van der Waals surface area contributed by atoms with E-state index in [1.807, 2.05) is 31.2 Å². The third-order valence-corrected chi connectivity index (χ3v) is 5.63. The number of nitrogens with one attached hydrogen (secondary N) is 3. The molecule has 2 amide bonds. The van der Waals surface area contributed by atoms with E-state index >= 15 is 0 Å². The van der Waals surface area contributed by atoms with Crippen molar-refractivity contribution >= 4 is 34.8 Å². The fourth-order valence-corrected chi connectivity index (χ4v) is 3.62. The van der Waals surface area contributed by atoms with Crippen molar-refractivity contribution in [2.75, 3.05) is 37.1 Å². The van der Waals surface area contributed by atoms with Gasteiger partial charge < -0.3 is 30.6 Å². The molecule has 0 aliphatic heterocycles. The number of anilines is 3. The van der Waals surface area contributed by atoms with Gasteiger partial charge in [0.05, 0.1) is 37.7 Å². The van der Waals surface area contributed by atoms with Crippen molar-refractivity contribution in [2.45, 2.75) is 26.5 Å². The Balaban J connectivity index is 1.52. The largest absolute Gasteiger partial charge is 0.495 e. The molecule has 0 saturated heterocycles. The number of amides is 2. The maximum absolute atomic E-state index is 12.6. The van der Waals surface area contributed by atoms with Gasteiger partial charge in [0.25, 0.3) is 0 Å². The molecule has 0 bridgehead atoms. The van der Waals surface area contributed by atoms with Gasteiger partial charge in [0.2, 0.25) is 0 Å². The molecule has 1 atom stereocenters. The van der Waals surface area contributed by atoms with E-state index in [0.717, 1.165) is 11.1 Å². The third-order valence-electron chi connectivity index (χ3n) is 5.63. The molecule has 1 unspecified atom stereocenters. The highest BCUT2D eigenvalue weighted by Crippen LogP contribution is 2.27. The lowest BCUT2D eigenvalue weighted by Gasteiger charge is -2.18. The van der Waals surface area contributed by atoms with Crippen molar-refractivity contribution in [1.82, 2.24) is 5.32 Å². The van der Waals surface area contributed by atoms with E-state index in [1.54, 1.807) is 37.3 Å². The predicted molar refractivity (Wildman–Crippen MR) is 146 cm³/mol. The Labute approximate surface area is 221 Å². The number of carbonyl (C=O) groups excluding carboxylic acids is 3. The maximum Gasteiger partial charge on any atom is 0.337 e. The molecule has 0 aromatic heterocycles. The summed E-state index contributed by atoms with van der Waals surface area (Å²) in [7, 11) is 2.79. The van der Waals surface area contributed by atoms with Crippen molar-refractivity contribution in [2.24, 2.45) is 0 Å². The number of hydrogen-bond acceptors (Lipinski definition) is 8. The van der Waals surface area contributed by atoms with Crippen molar-refractivity contribution in [3.05, 3.63) is 77.4 Å². The summed E-state index contributed by atoms with van der Waals surface area (Å²) < 4.78 is 15.8. The predicted octanol–water partition coefficient (Wildman–Crippen LogP) is 4.14. The Morgan fingerprint density at radius 3 is 2.34 bits per heavy atom. The van der Waals surface area contributed by atoms with Crippen molar-refractivity contribution in [1.29, 1.82) is 0 Å². The number of para-hydroxylation sites is 1. The number of ether oxygens (including phenoxy) is 3. The number of urea groups is 1. The monoisotopic (exact) mass is 520 g/mol. The van der Waals surface area contributed by atoms with Gasteiger partial charge in [-0.3, -0.25) is 10.1 Å². The Hall–Kier alpha value is -4.57. The highest BCUT2D eigenvalue weighted by Gasteiger charge is 2.14.